The van der Waals surface area contributed by atoms with E-state index in [2.05, 4.69) is 30.0 Å². The summed E-state index contributed by atoms with van der Waals surface area (Å²) in [5.41, 5.74) is 4.74. The summed E-state index contributed by atoms with van der Waals surface area (Å²) in [4.78, 5) is 35.5. The van der Waals surface area contributed by atoms with Gasteiger partial charge in [-0.3, -0.25) is 25.4 Å². The second kappa shape index (κ2) is 11.3. The Bertz CT molecular complexity index is 1360. The molecule has 0 aromatic carbocycles. The van der Waals surface area contributed by atoms with Gasteiger partial charge in [0.1, 0.15) is 29.0 Å². The van der Waals surface area contributed by atoms with Crippen LogP contribution in [0.15, 0.2) is 47.1 Å². The molecule has 17 heteroatoms. The molecule has 1 unspecified atom stereocenters. The van der Waals surface area contributed by atoms with Crippen molar-refractivity contribution >= 4 is 35.3 Å². The van der Waals surface area contributed by atoms with Gasteiger partial charge in [0.05, 0.1) is 17.5 Å². The van der Waals surface area contributed by atoms with Crippen LogP contribution >= 0.6 is 11.6 Å². The van der Waals surface area contributed by atoms with E-state index in [4.69, 9.17) is 27.9 Å². The Hall–Kier alpha value is -4.44. The number of oxazole rings is 1. The highest BCUT2D eigenvalue weighted by Gasteiger charge is 2.35. The lowest BCUT2D eigenvalue weighted by Gasteiger charge is -2.21. The number of nitrogens with one attached hydrogen (secondary N) is 2. The third-order valence-corrected chi connectivity index (χ3v) is 5.02. The van der Waals surface area contributed by atoms with Gasteiger partial charge in [0, 0.05) is 18.8 Å². The van der Waals surface area contributed by atoms with Crippen LogP contribution in [0.5, 0.6) is 0 Å². The van der Waals surface area contributed by atoms with Gasteiger partial charge in [-0.2, -0.15) is 18.2 Å². The number of hydrogen-bond donors (Lipinski definition) is 4. The van der Waals surface area contributed by atoms with Gasteiger partial charge in [0.2, 0.25) is 0 Å². The monoisotopic (exact) mass is 558 g/mol. The largest absolute Gasteiger partial charge is 0.441 e. The van der Waals surface area contributed by atoms with E-state index in [9.17, 15) is 27.2 Å². The molecule has 0 radical (unpaired) electrons. The molecule has 0 fully saturated rings. The lowest BCUT2D eigenvalue weighted by atomic mass is 10.2. The first kappa shape index (κ1) is 28.1. The summed E-state index contributed by atoms with van der Waals surface area (Å²) >= 11 is 5.92. The lowest BCUT2D eigenvalue weighted by molar-refractivity contribution is -0.141. The van der Waals surface area contributed by atoms with Crippen LogP contribution in [0.25, 0.3) is 5.70 Å². The average molecular weight is 559 g/mol. The van der Waals surface area contributed by atoms with Crippen LogP contribution in [-0.2, 0) is 10.9 Å². The Morgan fingerprint density at radius 3 is 2.53 bits per heavy atom. The first-order valence-corrected chi connectivity index (χ1v) is 10.7. The van der Waals surface area contributed by atoms with Gasteiger partial charge < -0.3 is 14.9 Å². The van der Waals surface area contributed by atoms with Gasteiger partial charge >= 0.3 is 18.3 Å². The molecule has 0 saturated heterocycles. The number of rotatable bonds is 7. The number of anilines is 1. The van der Waals surface area contributed by atoms with E-state index in [1.165, 1.54) is 26.1 Å². The minimum Gasteiger partial charge on any atom is -0.441 e. The molecule has 0 saturated carbocycles. The fourth-order valence-corrected chi connectivity index (χ4v) is 3.12. The highest BCUT2D eigenvalue weighted by Crippen LogP contribution is 2.29. The Balaban J connectivity index is 1.71. The fourth-order valence-electron chi connectivity index (χ4n) is 2.86. The van der Waals surface area contributed by atoms with Crippen molar-refractivity contribution in [3.63, 3.8) is 0 Å². The number of alkyl halides is 3. The zero-order chi connectivity index (χ0) is 28.2. The van der Waals surface area contributed by atoms with Crippen LogP contribution in [0.4, 0.5) is 28.4 Å². The number of pyridine rings is 2. The van der Waals surface area contributed by atoms with Gasteiger partial charge in [-0.15, -0.1) is 0 Å². The fraction of sp³-hybridized carbons (Fsp3) is 0.190. The van der Waals surface area contributed by atoms with Crippen LogP contribution in [0.1, 0.15) is 40.3 Å². The van der Waals surface area contributed by atoms with Crippen LogP contribution in [0.2, 0.25) is 5.15 Å². The van der Waals surface area contributed by atoms with Crippen LogP contribution in [0.3, 0.4) is 0 Å². The number of nitrogens with two attached hydrogens (primary N) is 2. The zero-order valence-electron chi connectivity index (χ0n) is 19.5. The minimum absolute atomic E-state index is 0.0603. The van der Waals surface area contributed by atoms with Crippen molar-refractivity contribution in [3.8, 4) is 0 Å². The molecule has 3 heterocycles. The molecule has 2 amide bonds. The molecule has 1 atom stereocenters. The molecule has 0 aliphatic carbocycles. The van der Waals surface area contributed by atoms with E-state index in [1.807, 2.05) is 0 Å². The average Bonchev–Trinajstić information content (AvgIpc) is 3.32. The maximum Gasteiger partial charge on any atom is 0.436 e. The number of hydrogen-bond acceptors (Lipinski definition) is 10. The summed E-state index contributed by atoms with van der Waals surface area (Å²) in [5, 5.41) is 5.30. The molecular formula is C21H19ClF4N8O4. The molecule has 3 rings (SSSR count). The van der Waals surface area contributed by atoms with Crippen molar-refractivity contribution in [1.82, 2.24) is 25.3 Å². The predicted molar refractivity (Wildman–Crippen MR) is 124 cm³/mol. The molecule has 0 aliphatic rings. The van der Waals surface area contributed by atoms with Gasteiger partial charge in [-0.1, -0.05) is 11.6 Å². The van der Waals surface area contributed by atoms with Crippen molar-refractivity contribution < 1.29 is 36.3 Å². The number of carbonyl (C=O) groups is 2. The number of nitrogens with zero attached hydrogens (tertiary/aromatic N) is 4. The summed E-state index contributed by atoms with van der Waals surface area (Å²) in [7, 11) is 1.35. The normalized spacial score (nSPS) is 12.8. The lowest BCUT2D eigenvalue weighted by Crippen LogP contribution is -2.39. The first-order chi connectivity index (χ1) is 17.8. The number of carbonyl (C=O) groups excluding carboxylic acids is 2. The molecular weight excluding hydrogens is 540 g/mol. The minimum atomic E-state index is -4.74. The molecule has 202 valence electrons. The summed E-state index contributed by atoms with van der Waals surface area (Å²) in [6, 6.07) is 2.95. The standard InChI is InChI=1S/C21H19ClF4N8O4/c1-9(12-5-11(23)7-30-16(12)22)38-20(36)32-17(34(2)28)15(27)13-4-3-10(6-29-13)18(35)33-19-31-14(8-37-19)21(24,25)26/h3-9H,27-28H2,1-2H3,(H,32,36)(H,31,33,35)/b17-15-. The molecule has 3 aromatic rings. The number of aromatic nitrogens is 3. The SMILES string of the molecule is CC(OC(=O)N/C(=C(/N)c1ccc(C(=O)Nc2nc(C(F)(F)F)co2)cn1)N(C)N)c1cc(F)cnc1Cl. The molecule has 38 heavy (non-hydrogen) atoms. The van der Waals surface area contributed by atoms with Gasteiger partial charge in [-0.05, 0) is 25.1 Å². The predicted octanol–water partition coefficient (Wildman–Crippen LogP) is 3.41. The topological polar surface area (TPSA) is 175 Å². The summed E-state index contributed by atoms with van der Waals surface area (Å²) < 4.78 is 61.1. The van der Waals surface area contributed by atoms with E-state index < -0.39 is 41.8 Å². The number of hydrazine groups is 1. The van der Waals surface area contributed by atoms with E-state index in [-0.39, 0.29) is 33.5 Å². The highest BCUT2D eigenvalue weighted by atomic mass is 35.5. The molecule has 12 nitrogen and oxygen atoms in total. The molecule has 3 aromatic heterocycles. The van der Waals surface area contributed by atoms with Crippen molar-refractivity contribution in [2.24, 2.45) is 11.6 Å². The van der Waals surface area contributed by atoms with Crippen LogP contribution in [0, 0.1) is 5.82 Å². The maximum atomic E-state index is 13.5. The number of ether oxygens (including phenoxy) is 1. The van der Waals surface area contributed by atoms with Crippen molar-refractivity contribution in [2.45, 2.75) is 19.2 Å². The van der Waals surface area contributed by atoms with E-state index in [1.54, 1.807) is 0 Å². The third-order valence-electron chi connectivity index (χ3n) is 4.70. The summed E-state index contributed by atoms with van der Waals surface area (Å²) in [6.45, 7) is 1.44. The van der Waals surface area contributed by atoms with Gasteiger partial charge in [0.25, 0.3) is 5.91 Å². The van der Waals surface area contributed by atoms with Crippen molar-refractivity contribution in [1.29, 1.82) is 0 Å². The summed E-state index contributed by atoms with van der Waals surface area (Å²) in [6.07, 6.45) is -4.43. The van der Waals surface area contributed by atoms with E-state index in [0.717, 1.165) is 23.5 Å². The summed E-state index contributed by atoms with van der Waals surface area (Å²) in [5.74, 6) is 4.08. The third kappa shape index (κ3) is 6.86. The molecule has 0 bridgehead atoms. The van der Waals surface area contributed by atoms with E-state index >= 15 is 0 Å². The Morgan fingerprint density at radius 1 is 1.24 bits per heavy atom. The smallest absolute Gasteiger partial charge is 0.436 e. The zero-order valence-corrected chi connectivity index (χ0v) is 20.3. The second-order valence-corrected chi connectivity index (χ2v) is 7.86. The van der Waals surface area contributed by atoms with E-state index in [0.29, 0.717) is 6.26 Å². The number of halogens is 5. The first-order valence-electron chi connectivity index (χ1n) is 10.3. The van der Waals surface area contributed by atoms with Crippen LogP contribution in [-0.4, -0.2) is 39.0 Å². The van der Waals surface area contributed by atoms with Gasteiger partial charge in [0.15, 0.2) is 11.5 Å². The Morgan fingerprint density at radius 2 is 1.95 bits per heavy atom. The molecule has 6 N–H and O–H groups in total. The van der Waals surface area contributed by atoms with Crippen LogP contribution < -0.4 is 22.2 Å². The Labute approximate surface area is 216 Å². The maximum absolute atomic E-state index is 13.5. The molecule has 0 spiro atoms. The van der Waals surface area contributed by atoms with Crippen molar-refractivity contribution in [3.05, 3.63) is 76.2 Å². The number of amides is 2. The second-order valence-electron chi connectivity index (χ2n) is 7.50. The Kier molecular flexibility index (Phi) is 8.37. The van der Waals surface area contributed by atoms with Gasteiger partial charge in [-0.25, -0.2) is 20.0 Å². The highest BCUT2D eigenvalue weighted by molar-refractivity contribution is 6.30. The quantitative estimate of drug-likeness (QED) is 0.145. The molecule has 0 aliphatic heterocycles. The van der Waals surface area contributed by atoms with Crippen molar-refractivity contribution in [2.75, 3.05) is 12.4 Å². The number of alkyl carbamates (subject to hydrolysis) is 1.